The molecule has 0 aliphatic carbocycles. The van der Waals surface area contributed by atoms with Gasteiger partial charge in [0.05, 0.1) is 10.4 Å². The Hall–Kier alpha value is -2.25. The molecule has 4 rings (SSSR count). The fourth-order valence-corrected chi connectivity index (χ4v) is 3.28. The van der Waals surface area contributed by atoms with Crippen molar-refractivity contribution in [1.82, 2.24) is 15.1 Å². The number of hydrogen-bond donors (Lipinski definition) is 1. The van der Waals surface area contributed by atoms with Gasteiger partial charge in [0, 0.05) is 25.3 Å². The molecule has 3 aromatic heterocycles. The third-order valence-electron chi connectivity index (χ3n) is 3.71. The van der Waals surface area contributed by atoms with E-state index in [1.165, 1.54) is 0 Å². The second-order valence-corrected chi connectivity index (χ2v) is 6.22. The molecule has 1 atom stereocenters. The van der Waals surface area contributed by atoms with Gasteiger partial charge in [0.15, 0.2) is 0 Å². The van der Waals surface area contributed by atoms with E-state index in [4.69, 9.17) is 10.3 Å². The van der Waals surface area contributed by atoms with Crippen molar-refractivity contribution < 1.29 is 4.52 Å². The zero-order valence-corrected chi connectivity index (χ0v) is 12.7. The normalized spacial score (nSPS) is 18.0. The van der Waals surface area contributed by atoms with Gasteiger partial charge in [-0.2, -0.15) is 4.98 Å². The molecule has 1 saturated heterocycles. The van der Waals surface area contributed by atoms with Crippen LogP contribution in [0.5, 0.6) is 0 Å². The third-order valence-corrected chi connectivity index (χ3v) is 4.57. The van der Waals surface area contributed by atoms with Crippen LogP contribution in [0.4, 0.5) is 5.82 Å². The average Bonchev–Trinajstić information content (AvgIpc) is 3.28. The van der Waals surface area contributed by atoms with Gasteiger partial charge in [-0.1, -0.05) is 11.2 Å². The maximum atomic E-state index is 6.00. The molecule has 0 bridgehead atoms. The fraction of sp³-hybridized carbons (Fsp3) is 0.267. The molecule has 1 fully saturated rings. The maximum absolute atomic E-state index is 6.00. The maximum Gasteiger partial charge on any atom is 0.262 e. The Kier molecular flexibility index (Phi) is 3.36. The first-order valence-corrected chi connectivity index (χ1v) is 8.03. The van der Waals surface area contributed by atoms with Crippen LogP contribution in [0.3, 0.4) is 0 Å². The lowest BCUT2D eigenvalue weighted by Gasteiger charge is -2.18. The molecule has 6 nitrogen and oxygen atoms in total. The van der Waals surface area contributed by atoms with Crippen molar-refractivity contribution in [2.45, 2.75) is 12.5 Å². The van der Waals surface area contributed by atoms with E-state index in [2.05, 4.69) is 20.0 Å². The van der Waals surface area contributed by atoms with Gasteiger partial charge in [-0.25, -0.2) is 4.98 Å². The van der Waals surface area contributed by atoms with E-state index in [-0.39, 0.29) is 6.04 Å². The van der Waals surface area contributed by atoms with E-state index >= 15 is 0 Å². The Morgan fingerprint density at radius 2 is 2.27 bits per heavy atom. The fourth-order valence-electron chi connectivity index (χ4n) is 2.63. The van der Waals surface area contributed by atoms with Crippen molar-refractivity contribution in [2.24, 2.45) is 5.73 Å². The van der Waals surface area contributed by atoms with E-state index in [1.54, 1.807) is 17.5 Å². The van der Waals surface area contributed by atoms with Crippen LogP contribution >= 0.6 is 11.3 Å². The van der Waals surface area contributed by atoms with E-state index in [9.17, 15) is 0 Å². The van der Waals surface area contributed by atoms with Crippen LogP contribution in [0.1, 0.15) is 6.42 Å². The first kappa shape index (κ1) is 13.4. The first-order chi connectivity index (χ1) is 10.8. The molecule has 2 N–H and O–H groups in total. The number of nitrogens with two attached hydrogens (primary N) is 1. The molecule has 0 amide bonds. The summed E-state index contributed by atoms with van der Waals surface area (Å²) >= 11 is 1.59. The van der Waals surface area contributed by atoms with Gasteiger partial charge in [-0.05, 0) is 30.0 Å². The number of nitrogens with zero attached hydrogens (tertiary/aromatic N) is 4. The molecule has 0 radical (unpaired) electrons. The standard InChI is InChI=1S/C15H15N5OS/c16-10-5-7-20(9-10)14-11(3-1-6-17-14)15-18-13(19-21-15)12-4-2-8-22-12/h1-4,6,8,10H,5,7,9,16H2. The molecule has 4 heterocycles. The lowest BCUT2D eigenvalue weighted by Crippen LogP contribution is -2.27. The van der Waals surface area contributed by atoms with Crippen LogP contribution in [0, 0.1) is 0 Å². The number of pyridine rings is 1. The van der Waals surface area contributed by atoms with Crippen molar-refractivity contribution in [3.05, 3.63) is 35.8 Å². The van der Waals surface area contributed by atoms with Crippen molar-refractivity contribution in [3.63, 3.8) is 0 Å². The largest absolute Gasteiger partial charge is 0.354 e. The van der Waals surface area contributed by atoms with Gasteiger partial charge in [0.2, 0.25) is 5.82 Å². The minimum Gasteiger partial charge on any atom is -0.354 e. The molecule has 0 spiro atoms. The van der Waals surface area contributed by atoms with E-state index < -0.39 is 0 Å². The second kappa shape index (κ2) is 5.51. The summed E-state index contributed by atoms with van der Waals surface area (Å²) in [5.41, 5.74) is 6.85. The third kappa shape index (κ3) is 2.38. The lowest BCUT2D eigenvalue weighted by molar-refractivity contribution is 0.432. The first-order valence-electron chi connectivity index (χ1n) is 7.15. The topological polar surface area (TPSA) is 81.1 Å². The SMILES string of the molecule is NC1CCN(c2ncccc2-c2nc(-c3cccs3)no2)C1. The predicted octanol–water partition coefficient (Wildman–Crippen LogP) is 2.40. The summed E-state index contributed by atoms with van der Waals surface area (Å²) in [4.78, 5) is 12.2. The molecule has 0 saturated carbocycles. The zero-order chi connectivity index (χ0) is 14.9. The quantitative estimate of drug-likeness (QED) is 0.799. The smallest absolute Gasteiger partial charge is 0.262 e. The molecule has 0 aromatic carbocycles. The molecule has 1 unspecified atom stereocenters. The van der Waals surface area contributed by atoms with Crippen molar-refractivity contribution in [1.29, 1.82) is 0 Å². The van der Waals surface area contributed by atoms with Crippen LogP contribution in [0.15, 0.2) is 40.4 Å². The second-order valence-electron chi connectivity index (χ2n) is 5.27. The van der Waals surface area contributed by atoms with E-state index in [1.807, 2.05) is 29.6 Å². The highest BCUT2D eigenvalue weighted by Gasteiger charge is 2.24. The monoisotopic (exact) mass is 313 g/mol. The molecular formula is C15H15N5OS. The minimum absolute atomic E-state index is 0.194. The molecule has 22 heavy (non-hydrogen) atoms. The molecule has 112 valence electrons. The molecular weight excluding hydrogens is 298 g/mol. The summed E-state index contributed by atoms with van der Waals surface area (Å²) in [6, 6.07) is 7.97. The van der Waals surface area contributed by atoms with Crippen LogP contribution in [0.25, 0.3) is 22.2 Å². The Labute approximate surface area is 131 Å². The molecule has 3 aromatic rings. The van der Waals surface area contributed by atoms with Gasteiger partial charge in [0.1, 0.15) is 5.82 Å². The Morgan fingerprint density at radius 1 is 1.32 bits per heavy atom. The molecule has 7 heteroatoms. The highest BCUT2D eigenvalue weighted by Crippen LogP contribution is 2.31. The van der Waals surface area contributed by atoms with Crippen molar-refractivity contribution >= 4 is 17.2 Å². The van der Waals surface area contributed by atoms with Gasteiger partial charge < -0.3 is 15.2 Å². The highest BCUT2D eigenvalue weighted by atomic mass is 32.1. The van der Waals surface area contributed by atoms with Crippen LogP contribution in [0.2, 0.25) is 0 Å². The average molecular weight is 313 g/mol. The molecule has 1 aliphatic rings. The summed E-state index contributed by atoms with van der Waals surface area (Å²) in [6.45, 7) is 1.70. The number of hydrogen-bond acceptors (Lipinski definition) is 7. The van der Waals surface area contributed by atoms with Crippen LogP contribution in [-0.2, 0) is 0 Å². The predicted molar refractivity (Wildman–Crippen MR) is 85.6 cm³/mol. The summed E-state index contributed by atoms with van der Waals surface area (Å²) in [5, 5.41) is 6.06. The Bertz CT molecular complexity index is 770. The summed E-state index contributed by atoms with van der Waals surface area (Å²) in [5.74, 6) is 1.96. The van der Waals surface area contributed by atoms with Crippen LogP contribution < -0.4 is 10.6 Å². The summed E-state index contributed by atoms with van der Waals surface area (Å²) < 4.78 is 5.45. The van der Waals surface area contributed by atoms with E-state index in [0.29, 0.717) is 11.7 Å². The van der Waals surface area contributed by atoms with E-state index in [0.717, 1.165) is 35.8 Å². The van der Waals surface area contributed by atoms with Crippen LogP contribution in [-0.4, -0.2) is 34.3 Å². The minimum atomic E-state index is 0.194. The zero-order valence-electron chi connectivity index (χ0n) is 11.8. The number of aromatic nitrogens is 3. The highest BCUT2D eigenvalue weighted by molar-refractivity contribution is 7.13. The Morgan fingerprint density at radius 3 is 3.05 bits per heavy atom. The molecule has 1 aliphatic heterocycles. The van der Waals surface area contributed by atoms with Crippen molar-refractivity contribution in [3.8, 4) is 22.2 Å². The number of anilines is 1. The summed E-state index contributed by atoms with van der Waals surface area (Å²) in [6.07, 6.45) is 2.75. The van der Waals surface area contributed by atoms with Gasteiger partial charge in [-0.3, -0.25) is 0 Å². The number of thiophene rings is 1. The number of rotatable bonds is 3. The lowest BCUT2D eigenvalue weighted by atomic mass is 10.2. The van der Waals surface area contributed by atoms with Gasteiger partial charge in [-0.15, -0.1) is 11.3 Å². The summed E-state index contributed by atoms with van der Waals surface area (Å²) in [7, 11) is 0. The van der Waals surface area contributed by atoms with Gasteiger partial charge in [0.25, 0.3) is 5.89 Å². The van der Waals surface area contributed by atoms with Crippen molar-refractivity contribution in [2.75, 3.05) is 18.0 Å². The Balaban J connectivity index is 1.71. The van der Waals surface area contributed by atoms with Gasteiger partial charge >= 0.3 is 0 Å².